The van der Waals surface area contributed by atoms with Gasteiger partial charge in [0.05, 0.1) is 17.0 Å². The molecule has 0 spiro atoms. The van der Waals surface area contributed by atoms with E-state index < -0.39 is 5.91 Å². The molecular formula is C19H19Cl2N3O2. The second kappa shape index (κ2) is 8.83. The van der Waals surface area contributed by atoms with Crippen molar-refractivity contribution in [3.05, 3.63) is 63.1 Å². The Hall–Kier alpha value is -2.37. The fourth-order valence-corrected chi connectivity index (χ4v) is 2.90. The molecule has 2 amide bonds. The molecule has 0 heterocycles. The SMILES string of the molecule is C/C(CC(=O)Nc1cc(C)cc(C)c1)=N/NC(=O)c1ccc(Cl)cc1Cl. The monoisotopic (exact) mass is 391 g/mol. The molecule has 0 radical (unpaired) electrons. The summed E-state index contributed by atoms with van der Waals surface area (Å²) in [6.45, 7) is 5.59. The molecule has 0 aromatic heterocycles. The highest BCUT2D eigenvalue weighted by molar-refractivity contribution is 6.36. The lowest BCUT2D eigenvalue weighted by Gasteiger charge is -2.08. The summed E-state index contributed by atoms with van der Waals surface area (Å²) < 4.78 is 0. The van der Waals surface area contributed by atoms with Gasteiger partial charge in [0.15, 0.2) is 0 Å². The molecule has 5 nitrogen and oxygen atoms in total. The summed E-state index contributed by atoms with van der Waals surface area (Å²) in [5, 5.41) is 7.44. The number of aryl methyl sites for hydroxylation is 2. The molecule has 0 unspecified atom stereocenters. The van der Waals surface area contributed by atoms with Gasteiger partial charge < -0.3 is 5.32 Å². The number of benzene rings is 2. The van der Waals surface area contributed by atoms with Gasteiger partial charge in [0.2, 0.25) is 5.91 Å². The van der Waals surface area contributed by atoms with Crippen molar-refractivity contribution in [3.63, 3.8) is 0 Å². The Morgan fingerprint density at radius 3 is 2.31 bits per heavy atom. The van der Waals surface area contributed by atoms with Gasteiger partial charge in [0.1, 0.15) is 0 Å². The number of hydrogen-bond acceptors (Lipinski definition) is 3. The molecule has 0 fully saturated rings. The topological polar surface area (TPSA) is 70.6 Å². The first-order valence-corrected chi connectivity index (χ1v) is 8.67. The van der Waals surface area contributed by atoms with Gasteiger partial charge in [-0.1, -0.05) is 29.3 Å². The van der Waals surface area contributed by atoms with Crippen LogP contribution in [-0.2, 0) is 4.79 Å². The zero-order chi connectivity index (χ0) is 19.3. The predicted octanol–water partition coefficient (Wildman–Crippen LogP) is 4.74. The third-order valence-electron chi connectivity index (χ3n) is 3.45. The van der Waals surface area contributed by atoms with Gasteiger partial charge in [0.25, 0.3) is 5.91 Å². The van der Waals surface area contributed by atoms with E-state index >= 15 is 0 Å². The van der Waals surface area contributed by atoms with Crippen LogP contribution < -0.4 is 10.7 Å². The average Bonchev–Trinajstić information content (AvgIpc) is 2.51. The maximum Gasteiger partial charge on any atom is 0.272 e. The van der Waals surface area contributed by atoms with Crippen molar-refractivity contribution < 1.29 is 9.59 Å². The average molecular weight is 392 g/mol. The zero-order valence-corrected chi connectivity index (χ0v) is 16.2. The maximum atomic E-state index is 12.1. The van der Waals surface area contributed by atoms with E-state index in [2.05, 4.69) is 15.8 Å². The second-order valence-corrected chi connectivity index (χ2v) is 6.86. The first kappa shape index (κ1) is 19.9. The lowest BCUT2D eigenvalue weighted by atomic mass is 10.1. The van der Waals surface area contributed by atoms with Crippen molar-refractivity contribution in [2.24, 2.45) is 5.10 Å². The van der Waals surface area contributed by atoms with E-state index in [1.165, 1.54) is 12.1 Å². The summed E-state index contributed by atoms with van der Waals surface area (Å²) in [6, 6.07) is 10.4. The van der Waals surface area contributed by atoms with Gasteiger partial charge in [-0.15, -0.1) is 0 Å². The fraction of sp³-hybridized carbons (Fsp3) is 0.211. The summed E-state index contributed by atoms with van der Waals surface area (Å²) in [5.41, 5.74) is 5.98. The number of hydrogen-bond donors (Lipinski definition) is 2. The molecule has 2 aromatic rings. The van der Waals surface area contributed by atoms with Crippen molar-refractivity contribution in [2.75, 3.05) is 5.32 Å². The van der Waals surface area contributed by atoms with Gasteiger partial charge in [-0.2, -0.15) is 5.10 Å². The Labute approximate surface area is 162 Å². The third-order valence-corrected chi connectivity index (χ3v) is 3.99. The van der Waals surface area contributed by atoms with Crippen LogP contribution in [0.4, 0.5) is 5.69 Å². The molecule has 7 heteroatoms. The zero-order valence-electron chi connectivity index (χ0n) is 14.7. The lowest BCUT2D eigenvalue weighted by molar-refractivity contribution is -0.115. The molecule has 0 atom stereocenters. The van der Waals surface area contributed by atoms with Crippen molar-refractivity contribution >= 4 is 46.4 Å². The Kier molecular flexibility index (Phi) is 6.77. The minimum absolute atomic E-state index is 0.0572. The third kappa shape index (κ3) is 5.86. The number of nitrogens with zero attached hydrogens (tertiary/aromatic N) is 1. The molecule has 0 aliphatic heterocycles. The van der Waals surface area contributed by atoms with Crippen molar-refractivity contribution in [1.82, 2.24) is 5.43 Å². The van der Waals surface area contributed by atoms with Gasteiger partial charge in [-0.25, -0.2) is 5.43 Å². The molecule has 136 valence electrons. The van der Waals surface area contributed by atoms with Crippen LogP contribution in [0.15, 0.2) is 41.5 Å². The van der Waals surface area contributed by atoms with Gasteiger partial charge in [-0.3, -0.25) is 9.59 Å². The first-order valence-electron chi connectivity index (χ1n) is 7.91. The highest BCUT2D eigenvalue weighted by Gasteiger charge is 2.11. The van der Waals surface area contributed by atoms with E-state index in [0.717, 1.165) is 16.8 Å². The highest BCUT2D eigenvalue weighted by Crippen LogP contribution is 2.20. The fourth-order valence-electron chi connectivity index (χ4n) is 2.40. The summed E-state index contributed by atoms with van der Waals surface area (Å²) in [7, 11) is 0. The number of hydrazone groups is 1. The molecule has 0 saturated carbocycles. The van der Waals surface area contributed by atoms with Crippen LogP contribution in [0.2, 0.25) is 10.0 Å². The van der Waals surface area contributed by atoms with Gasteiger partial charge in [-0.05, 0) is 62.2 Å². The lowest BCUT2D eigenvalue weighted by Crippen LogP contribution is -2.21. The van der Waals surface area contributed by atoms with E-state index in [1.807, 2.05) is 32.0 Å². The molecule has 2 N–H and O–H groups in total. The van der Waals surface area contributed by atoms with E-state index in [4.69, 9.17) is 23.2 Å². The van der Waals surface area contributed by atoms with Crippen LogP contribution in [-0.4, -0.2) is 17.5 Å². The predicted molar refractivity (Wildman–Crippen MR) is 106 cm³/mol. The summed E-state index contributed by atoms with van der Waals surface area (Å²) in [4.78, 5) is 24.2. The number of carbonyl (C=O) groups excluding carboxylic acids is 2. The normalized spacial score (nSPS) is 11.2. The molecule has 0 aliphatic rings. The van der Waals surface area contributed by atoms with E-state index in [-0.39, 0.29) is 22.9 Å². The molecule has 2 aromatic carbocycles. The Morgan fingerprint density at radius 1 is 1.04 bits per heavy atom. The van der Waals surface area contributed by atoms with Crippen molar-refractivity contribution in [3.8, 4) is 0 Å². The standard InChI is InChI=1S/C19H19Cl2N3O2/c1-11-6-12(2)8-15(7-11)22-18(25)9-13(3)23-24-19(26)16-5-4-14(20)10-17(16)21/h4-8,10H,9H2,1-3H3,(H,22,25)(H,24,26)/b23-13-. The molecule has 26 heavy (non-hydrogen) atoms. The Balaban J connectivity index is 1.94. The number of carbonyl (C=O) groups is 2. The Bertz CT molecular complexity index is 859. The molecule has 0 bridgehead atoms. The first-order chi connectivity index (χ1) is 12.2. The number of nitrogens with one attached hydrogen (secondary N) is 2. The van der Waals surface area contributed by atoms with E-state index in [9.17, 15) is 9.59 Å². The Morgan fingerprint density at radius 2 is 1.69 bits per heavy atom. The van der Waals surface area contributed by atoms with E-state index in [1.54, 1.807) is 13.0 Å². The molecule has 0 aliphatic carbocycles. The maximum absolute atomic E-state index is 12.1. The van der Waals surface area contributed by atoms with Gasteiger partial charge in [0, 0.05) is 16.4 Å². The van der Waals surface area contributed by atoms with Crippen LogP contribution in [0.25, 0.3) is 0 Å². The highest BCUT2D eigenvalue weighted by atomic mass is 35.5. The number of anilines is 1. The molecule has 0 saturated heterocycles. The van der Waals surface area contributed by atoms with Gasteiger partial charge >= 0.3 is 0 Å². The van der Waals surface area contributed by atoms with Crippen LogP contribution in [0.3, 0.4) is 0 Å². The van der Waals surface area contributed by atoms with Crippen LogP contribution in [0.5, 0.6) is 0 Å². The number of halogens is 2. The van der Waals surface area contributed by atoms with E-state index in [0.29, 0.717) is 10.7 Å². The largest absolute Gasteiger partial charge is 0.326 e. The van der Waals surface area contributed by atoms with Crippen molar-refractivity contribution in [1.29, 1.82) is 0 Å². The van der Waals surface area contributed by atoms with Crippen LogP contribution in [0, 0.1) is 13.8 Å². The van der Waals surface area contributed by atoms with Crippen molar-refractivity contribution in [2.45, 2.75) is 27.2 Å². The number of rotatable bonds is 5. The summed E-state index contributed by atoms with van der Waals surface area (Å²) in [5.74, 6) is -0.684. The molecular weight excluding hydrogens is 373 g/mol. The minimum Gasteiger partial charge on any atom is -0.326 e. The molecule has 2 rings (SSSR count). The van der Waals surface area contributed by atoms with Crippen LogP contribution in [0.1, 0.15) is 34.8 Å². The summed E-state index contributed by atoms with van der Waals surface area (Å²) >= 11 is 11.8. The smallest absolute Gasteiger partial charge is 0.272 e. The minimum atomic E-state index is -0.472. The number of amides is 2. The second-order valence-electron chi connectivity index (χ2n) is 6.01. The summed E-state index contributed by atoms with van der Waals surface area (Å²) in [6.07, 6.45) is 0.0572. The quantitative estimate of drug-likeness (QED) is 0.570. The van der Waals surface area contributed by atoms with Crippen LogP contribution >= 0.6 is 23.2 Å².